The first kappa shape index (κ1) is 13.7. The van der Waals surface area contributed by atoms with E-state index in [9.17, 15) is 0 Å². The van der Waals surface area contributed by atoms with Gasteiger partial charge in [-0.2, -0.15) is 0 Å². The number of nitrogens with zero attached hydrogens (tertiary/aromatic N) is 3. The van der Waals surface area contributed by atoms with Crippen molar-refractivity contribution in [3.8, 4) is 22.6 Å². The number of aliphatic imine (C=N–C) groups is 1. The highest BCUT2D eigenvalue weighted by molar-refractivity contribution is 5.98. The summed E-state index contributed by atoms with van der Waals surface area (Å²) in [5.41, 5.74) is 12.4. The molecule has 0 atom stereocenters. The minimum atomic E-state index is 0.463. The molecule has 0 fully saturated rings. The Hall–Kier alpha value is -2.95. The molecule has 23 heavy (non-hydrogen) atoms. The van der Waals surface area contributed by atoms with Crippen molar-refractivity contribution in [1.29, 1.82) is 0 Å². The Morgan fingerprint density at radius 1 is 1.30 bits per heavy atom. The highest BCUT2D eigenvalue weighted by Crippen LogP contribution is 2.40. The second kappa shape index (κ2) is 5.35. The van der Waals surface area contributed by atoms with Gasteiger partial charge >= 0.3 is 0 Å². The molecule has 0 radical (unpaired) electrons. The lowest BCUT2D eigenvalue weighted by molar-refractivity contribution is 0.581. The molecule has 114 valence electrons. The maximum atomic E-state index is 6.24. The molecule has 1 aliphatic rings. The van der Waals surface area contributed by atoms with Gasteiger partial charge in [0.2, 0.25) is 0 Å². The van der Waals surface area contributed by atoms with Gasteiger partial charge in [-0.1, -0.05) is 0 Å². The van der Waals surface area contributed by atoms with Gasteiger partial charge in [-0.3, -0.25) is 9.98 Å². The number of nitrogen functional groups attached to an aromatic ring is 1. The van der Waals surface area contributed by atoms with Crippen LogP contribution >= 0.6 is 0 Å². The molecule has 1 aliphatic carbocycles. The van der Waals surface area contributed by atoms with Gasteiger partial charge in [-0.25, -0.2) is 4.98 Å². The maximum absolute atomic E-state index is 6.24. The number of rotatable bonds is 2. The minimum Gasteiger partial charge on any atom is -0.464 e. The summed E-state index contributed by atoms with van der Waals surface area (Å²) >= 11 is 0. The minimum absolute atomic E-state index is 0.463. The second-order valence-corrected chi connectivity index (χ2v) is 5.51. The van der Waals surface area contributed by atoms with E-state index < -0.39 is 0 Å². The van der Waals surface area contributed by atoms with Crippen LogP contribution < -0.4 is 5.73 Å². The van der Waals surface area contributed by atoms with Gasteiger partial charge in [0.15, 0.2) is 0 Å². The van der Waals surface area contributed by atoms with Crippen molar-refractivity contribution in [2.24, 2.45) is 4.99 Å². The van der Waals surface area contributed by atoms with E-state index in [1.165, 1.54) is 5.56 Å². The highest BCUT2D eigenvalue weighted by atomic mass is 16.3. The molecular formula is C18H16N4O. The van der Waals surface area contributed by atoms with Crippen LogP contribution in [0, 0.1) is 0 Å². The summed E-state index contributed by atoms with van der Waals surface area (Å²) in [5.74, 6) is 1.26. The number of hydrogen-bond donors (Lipinski definition) is 1. The van der Waals surface area contributed by atoms with Crippen LogP contribution in [0.25, 0.3) is 22.6 Å². The molecule has 5 nitrogen and oxygen atoms in total. The lowest BCUT2D eigenvalue weighted by Crippen LogP contribution is -2.12. The van der Waals surface area contributed by atoms with Gasteiger partial charge < -0.3 is 10.2 Å². The van der Waals surface area contributed by atoms with Crippen LogP contribution in [0.5, 0.6) is 0 Å². The van der Waals surface area contributed by atoms with Crippen LogP contribution in [-0.2, 0) is 12.8 Å². The Bertz CT molecular complexity index is 898. The monoisotopic (exact) mass is 304 g/mol. The van der Waals surface area contributed by atoms with Crippen LogP contribution in [0.2, 0.25) is 0 Å². The van der Waals surface area contributed by atoms with Crippen molar-refractivity contribution in [3.05, 3.63) is 53.5 Å². The van der Waals surface area contributed by atoms with Crippen molar-refractivity contribution in [3.63, 3.8) is 0 Å². The number of fused-ring (bicyclic) bond motifs is 3. The standard InChI is InChI=1S/C18H16N4O/c1-20-10-14-16(15-3-2-8-23-15)13-5-4-11-9-21-7-6-12(11)17(13)22-18(14)19/h2-3,6-10H,4-5H2,1H3,(H2,19,22). The fourth-order valence-corrected chi connectivity index (χ4v) is 3.20. The van der Waals surface area contributed by atoms with Crippen molar-refractivity contribution < 1.29 is 4.42 Å². The van der Waals surface area contributed by atoms with Crippen LogP contribution in [0.3, 0.4) is 0 Å². The molecular weight excluding hydrogens is 288 g/mol. The van der Waals surface area contributed by atoms with E-state index >= 15 is 0 Å². The molecule has 0 unspecified atom stereocenters. The van der Waals surface area contributed by atoms with E-state index in [0.717, 1.165) is 46.5 Å². The van der Waals surface area contributed by atoms with Crippen LogP contribution in [0.1, 0.15) is 16.7 Å². The normalized spacial score (nSPS) is 13.1. The number of nitrogens with two attached hydrogens (primary N) is 1. The van der Waals surface area contributed by atoms with Crippen molar-refractivity contribution in [1.82, 2.24) is 9.97 Å². The molecule has 3 heterocycles. The SMILES string of the molecule is CN=Cc1c(N)nc2c(c1-c1ccco1)CCc1cnccc1-2. The van der Waals surface area contributed by atoms with E-state index in [0.29, 0.717) is 5.82 Å². The molecule has 5 heteroatoms. The number of aryl methyl sites for hydroxylation is 1. The third kappa shape index (κ3) is 2.12. The molecule has 3 aromatic rings. The lowest BCUT2D eigenvalue weighted by Gasteiger charge is -2.22. The highest BCUT2D eigenvalue weighted by Gasteiger charge is 2.25. The van der Waals surface area contributed by atoms with Gasteiger partial charge in [0.05, 0.1) is 12.0 Å². The molecule has 4 rings (SSSR count). The van der Waals surface area contributed by atoms with E-state index in [1.807, 2.05) is 24.4 Å². The number of pyridine rings is 2. The fourth-order valence-electron chi connectivity index (χ4n) is 3.20. The summed E-state index contributed by atoms with van der Waals surface area (Å²) in [7, 11) is 1.73. The Morgan fingerprint density at radius 2 is 2.22 bits per heavy atom. The van der Waals surface area contributed by atoms with Crippen LogP contribution in [-0.4, -0.2) is 23.2 Å². The van der Waals surface area contributed by atoms with Crippen molar-refractivity contribution in [2.75, 3.05) is 12.8 Å². The predicted octanol–water partition coefficient (Wildman–Crippen LogP) is 3.13. The zero-order chi connectivity index (χ0) is 15.8. The number of aromatic nitrogens is 2. The molecule has 2 N–H and O–H groups in total. The first-order chi connectivity index (χ1) is 11.3. The fraction of sp³-hybridized carbons (Fsp3) is 0.167. The van der Waals surface area contributed by atoms with Crippen molar-refractivity contribution in [2.45, 2.75) is 12.8 Å². The van der Waals surface area contributed by atoms with Gasteiger partial charge in [0, 0.05) is 42.3 Å². The van der Waals surface area contributed by atoms with E-state index in [4.69, 9.17) is 10.2 Å². The average molecular weight is 304 g/mol. The first-order valence-electron chi connectivity index (χ1n) is 7.51. The van der Waals surface area contributed by atoms with Crippen LogP contribution in [0.4, 0.5) is 5.82 Å². The largest absolute Gasteiger partial charge is 0.464 e. The topological polar surface area (TPSA) is 77.3 Å². The number of furan rings is 1. The molecule has 0 saturated heterocycles. The summed E-state index contributed by atoms with van der Waals surface area (Å²) < 4.78 is 5.66. The number of hydrogen-bond acceptors (Lipinski definition) is 5. The second-order valence-electron chi connectivity index (χ2n) is 5.51. The summed E-state index contributed by atoms with van der Waals surface area (Å²) in [6.07, 6.45) is 8.93. The smallest absolute Gasteiger partial charge is 0.135 e. The van der Waals surface area contributed by atoms with Gasteiger partial charge in [-0.05, 0) is 42.2 Å². The quantitative estimate of drug-likeness (QED) is 0.738. The van der Waals surface area contributed by atoms with E-state index in [1.54, 1.807) is 25.7 Å². The third-order valence-electron chi connectivity index (χ3n) is 4.19. The zero-order valence-electron chi connectivity index (χ0n) is 12.8. The summed E-state index contributed by atoms with van der Waals surface area (Å²) in [6, 6.07) is 5.83. The van der Waals surface area contributed by atoms with Gasteiger partial charge in [0.25, 0.3) is 0 Å². The number of anilines is 1. The van der Waals surface area contributed by atoms with Crippen LogP contribution in [0.15, 0.2) is 46.3 Å². The maximum Gasteiger partial charge on any atom is 0.135 e. The lowest BCUT2D eigenvalue weighted by atomic mass is 9.85. The molecule has 0 aliphatic heterocycles. The molecule has 0 aromatic carbocycles. The Morgan fingerprint density at radius 3 is 3.00 bits per heavy atom. The third-order valence-corrected chi connectivity index (χ3v) is 4.19. The van der Waals surface area contributed by atoms with E-state index in [-0.39, 0.29) is 0 Å². The van der Waals surface area contributed by atoms with Gasteiger partial charge in [-0.15, -0.1) is 0 Å². The Balaban J connectivity index is 2.07. The first-order valence-corrected chi connectivity index (χ1v) is 7.51. The Labute approximate surface area is 133 Å². The molecule has 0 saturated carbocycles. The Kier molecular flexibility index (Phi) is 3.19. The molecule has 0 amide bonds. The van der Waals surface area contributed by atoms with Gasteiger partial charge in [0.1, 0.15) is 11.6 Å². The average Bonchev–Trinajstić information content (AvgIpc) is 3.10. The predicted molar refractivity (Wildman–Crippen MR) is 90.5 cm³/mol. The molecule has 0 bridgehead atoms. The molecule has 0 spiro atoms. The summed E-state index contributed by atoms with van der Waals surface area (Å²) in [4.78, 5) is 13.0. The van der Waals surface area contributed by atoms with E-state index in [2.05, 4.69) is 15.0 Å². The zero-order valence-corrected chi connectivity index (χ0v) is 12.8. The van der Waals surface area contributed by atoms with Crippen molar-refractivity contribution >= 4 is 12.0 Å². The summed E-state index contributed by atoms with van der Waals surface area (Å²) in [5, 5.41) is 0. The summed E-state index contributed by atoms with van der Waals surface area (Å²) in [6.45, 7) is 0. The molecule has 3 aromatic heterocycles.